The lowest BCUT2D eigenvalue weighted by Gasteiger charge is -2.19. The fraction of sp³-hybridized carbons (Fsp3) is 0.643. The second kappa shape index (κ2) is 6.10. The molecule has 2 heterocycles. The molecule has 0 amide bonds. The number of nitrogens with zero attached hydrogens (tertiary/aromatic N) is 2. The summed E-state index contributed by atoms with van der Waals surface area (Å²) >= 11 is 0. The number of ether oxygens (including phenoxy) is 1. The van der Waals surface area contributed by atoms with Gasteiger partial charge >= 0.3 is 5.97 Å². The minimum Gasteiger partial charge on any atom is -0.464 e. The minimum absolute atomic E-state index is 0.367. The van der Waals surface area contributed by atoms with E-state index in [4.69, 9.17) is 4.74 Å². The van der Waals surface area contributed by atoms with E-state index in [0.29, 0.717) is 18.2 Å². The Morgan fingerprint density at radius 2 is 2.21 bits per heavy atom. The summed E-state index contributed by atoms with van der Waals surface area (Å²) in [7, 11) is 1.39. The molecule has 0 bridgehead atoms. The van der Waals surface area contributed by atoms with Gasteiger partial charge in [-0.15, -0.1) is 0 Å². The van der Waals surface area contributed by atoms with Crippen LogP contribution in [-0.4, -0.2) is 29.6 Å². The number of hydrogen-bond acceptors (Lipinski definition) is 5. The van der Waals surface area contributed by atoms with Gasteiger partial charge < -0.3 is 10.1 Å². The Hall–Kier alpha value is -1.49. The van der Waals surface area contributed by atoms with E-state index in [1.165, 1.54) is 7.11 Å². The quantitative estimate of drug-likeness (QED) is 0.834. The molecule has 0 spiro atoms. The molecule has 0 aliphatic carbocycles. The van der Waals surface area contributed by atoms with Crippen LogP contribution in [0.25, 0.3) is 0 Å². The van der Waals surface area contributed by atoms with Crippen molar-refractivity contribution in [3.05, 3.63) is 22.8 Å². The summed E-state index contributed by atoms with van der Waals surface area (Å²) in [6.45, 7) is 5.88. The van der Waals surface area contributed by atoms with E-state index in [-0.39, 0.29) is 5.97 Å². The molecule has 0 saturated heterocycles. The molecule has 104 valence electrons. The number of carbonyl (C=O) groups is 1. The molecule has 0 saturated carbocycles. The fourth-order valence-corrected chi connectivity index (χ4v) is 2.19. The highest BCUT2D eigenvalue weighted by Gasteiger charge is 2.22. The first-order chi connectivity index (χ1) is 9.11. The summed E-state index contributed by atoms with van der Waals surface area (Å²) < 4.78 is 4.83. The molecule has 0 unspecified atom stereocenters. The lowest BCUT2D eigenvalue weighted by atomic mass is 10.0. The zero-order chi connectivity index (χ0) is 13.8. The van der Waals surface area contributed by atoms with Crippen molar-refractivity contribution in [3.8, 4) is 0 Å². The van der Waals surface area contributed by atoms with Gasteiger partial charge in [0.2, 0.25) is 0 Å². The normalized spacial score (nSPS) is 14.3. The predicted octanol–water partition coefficient (Wildman–Crippen LogP) is 1.50. The second-order valence-corrected chi connectivity index (χ2v) is 5.26. The van der Waals surface area contributed by atoms with Crippen LogP contribution in [0, 0.1) is 5.92 Å². The molecule has 1 aliphatic heterocycles. The van der Waals surface area contributed by atoms with Gasteiger partial charge in [0.1, 0.15) is 5.82 Å². The number of rotatable bonds is 4. The monoisotopic (exact) mass is 263 g/mol. The number of nitrogens with one attached hydrogen (secondary N) is 1. The lowest BCUT2D eigenvalue weighted by molar-refractivity contribution is 0.0591. The van der Waals surface area contributed by atoms with Gasteiger partial charge in [-0.2, -0.15) is 0 Å². The standard InChI is InChI=1S/C14H21N3O2/c1-9(2)4-5-12-16-11-6-7-15-8-10(11)13(17-12)14(18)19-3/h9,15H,4-8H2,1-3H3. The van der Waals surface area contributed by atoms with Gasteiger partial charge in [0.15, 0.2) is 5.69 Å². The van der Waals surface area contributed by atoms with Crippen LogP contribution in [-0.2, 0) is 24.1 Å². The van der Waals surface area contributed by atoms with Crippen molar-refractivity contribution >= 4 is 5.97 Å². The maximum atomic E-state index is 11.8. The summed E-state index contributed by atoms with van der Waals surface area (Å²) in [5.41, 5.74) is 2.32. The van der Waals surface area contributed by atoms with E-state index in [9.17, 15) is 4.79 Å². The van der Waals surface area contributed by atoms with E-state index in [2.05, 4.69) is 29.1 Å². The van der Waals surface area contributed by atoms with Crippen LogP contribution in [0.5, 0.6) is 0 Å². The molecule has 0 atom stereocenters. The highest BCUT2D eigenvalue weighted by Crippen LogP contribution is 2.18. The molecular formula is C14H21N3O2. The molecule has 5 heteroatoms. The number of hydrogen-bond donors (Lipinski definition) is 1. The molecule has 0 radical (unpaired) electrons. The van der Waals surface area contributed by atoms with Gasteiger partial charge in [-0.1, -0.05) is 13.8 Å². The van der Waals surface area contributed by atoms with E-state index in [0.717, 1.165) is 42.9 Å². The first kappa shape index (κ1) is 13.9. The zero-order valence-corrected chi connectivity index (χ0v) is 11.8. The van der Waals surface area contributed by atoms with E-state index in [1.807, 2.05) is 0 Å². The lowest BCUT2D eigenvalue weighted by Crippen LogP contribution is -2.28. The van der Waals surface area contributed by atoms with E-state index >= 15 is 0 Å². The number of methoxy groups -OCH3 is 1. The largest absolute Gasteiger partial charge is 0.464 e. The second-order valence-electron chi connectivity index (χ2n) is 5.26. The van der Waals surface area contributed by atoms with Crippen molar-refractivity contribution in [2.24, 2.45) is 5.92 Å². The third kappa shape index (κ3) is 3.29. The number of aromatic nitrogens is 2. The molecular weight excluding hydrogens is 242 g/mol. The number of carbonyl (C=O) groups excluding carboxylic acids is 1. The maximum Gasteiger partial charge on any atom is 0.357 e. The molecule has 1 N–H and O–H groups in total. The zero-order valence-electron chi connectivity index (χ0n) is 11.8. The summed E-state index contributed by atoms with van der Waals surface area (Å²) in [5, 5.41) is 3.24. The van der Waals surface area contributed by atoms with Crippen LogP contribution in [0.2, 0.25) is 0 Å². The third-order valence-corrected chi connectivity index (χ3v) is 3.30. The first-order valence-electron chi connectivity index (χ1n) is 6.79. The Morgan fingerprint density at radius 3 is 2.89 bits per heavy atom. The van der Waals surface area contributed by atoms with Crippen LogP contribution >= 0.6 is 0 Å². The van der Waals surface area contributed by atoms with Crippen LogP contribution in [0.1, 0.15) is 47.8 Å². The highest BCUT2D eigenvalue weighted by atomic mass is 16.5. The Labute approximate surface area is 113 Å². The predicted molar refractivity (Wildman–Crippen MR) is 71.9 cm³/mol. The summed E-state index contributed by atoms with van der Waals surface area (Å²) in [6, 6.07) is 0. The molecule has 1 aromatic rings. The Morgan fingerprint density at radius 1 is 1.42 bits per heavy atom. The van der Waals surface area contributed by atoms with Crippen LogP contribution in [0.3, 0.4) is 0 Å². The van der Waals surface area contributed by atoms with Gasteiger partial charge in [0, 0.05) is 31.5 Å². The molecule has 19 heavy (non-hydrogen) atoms. The van der Waals surface area contributed by atoms with E-state index < -0.39 is 0 Å². The van der Waals surface area contributed by atoms with Gasteiger partial charge in [0.05, 0.1) is 12.8 Å². The molecule has 5 nitrogen and oxygen atoms in total. The Balaban J connectivity index is 2.33. The highest BCUT2D eigenvalue weighted by molar-refractivity contribution is 5.89. The van der Waals surface area contributed by atoms with Crippen molar-refractivity contribution in [3.63, 3.8) is 0 Å². The van der Waals surface area contributed by atoms with Crippen molar-refractivity contribution in [2.45, 2.75) is 39.7 Å². The molecule has 1 aromatic heterocycles. The van der Waals surface area contributed by atoms with Crippen molar-refractivity contribution in [1.29, 1.82) is 0 Å². The topological polar surface area (TPSA) is 64.1 Å². The van der Waals surface area contributed by atoms with Crippen LogP contribution < -0.4 is 5.32 Å². The maximum absolute atomic E-state index is 11.8. The van der Waals surface area contributed by atoms with Crippen molar-refractivity contribution in [2.75, 3.05) is 13.7 Å². The SMILES string of the molecule is COC(=O)c1nc(CCC(C)C)nc2c1CNCC2. The third-order valence-electron chi connectivity index (χ3n) is 3.30. The van der Waals surface area contributed by atoms with Gasteiger partial charge in [-0.3, -0.25) is 0 Å². The Kier molecular flexibility index (Phi) is 4.47. The summed E-state index contributed by atoms with van der Waals surface area (Å²) in [4.78, 5) is 20.8. The van der Waals surface area contributed by atoms with Crippen LogP contribution in [0.4, 0.5) is 0 Å². The Bertz CT molecular complexity index is 472. The molecule has 0 aromatic carbocycles. The number of fused-ring (bicyclic) bond motifs is 1. The average molecular weight is 263 g/mol. The van der Waals surface area contributed by atoms with Gasteiger partial charge in [-0.25, -0.2) is 14.8 Å². The van der Waals surface area contributed by atoms with E-state index in [1.54, 1.807) is 0 Å². The fourth-order valence-electron chi connectivity index (χ4n) is 2.19. The van der Waals surface area contributed by atoms with Crippen molar-refractivity contribution < 1.29 is 9.53 Å². The molecule has 1 aliphatic rings. The smallest absolute Gasteiger partial charge is 0.357 e. The summed E-state index contributed by atoms with van der Waals surface area (Å²) in [5.74, 6) is 0.991. The summed E-state index contributed by atoms with van der Waals surface area (Å²) in [6.07, 6.45) is 2.68. The van der Waals surface area contributed by atoms with Crippen molar-refractivity contribution in [1.82, 2.24) is 15.3 Å². The first-order valence-corrected chi connectivity index (χ1v) is 6.79. The molecule has 0 fully saturated rings. The molecule has 2 rings (SSSR count). The number of aryl methyl sites for hydroxylation is 1. The van der Waals surface area contributed by atoms with Gasteiger partial charge in [0.25, 0.3) is 0 Å². The number of esters is 1. The average Bonchev–Trinajstić information content (AvgIpc) is 2.43. The minimum atomic E-state index is -0.367. The van der Waals surface area contributed by atoms with Crippen LogP contribution in [0.15, 0.2) is 0 Å². The van der Waals surface area contributed by atoms with Gasteiger partial charge in [-0.05, 0) is 12.3 Å².